The number of aryl methyl sites for hydroxylation is 1. The van der Waals surface area contributed by atoms with Crippen LogP contribution in [0.15, 0.2) is 48.2 Å². The van der Waals surface area contributed by atoms with E-state index in [0.717, 1.165) is 110 Å². The molecule has 60 heavy (non-hydrogen) atoms. The van der Waals surface area contributed by atoms with Gasteiger partial charge in [0.1, 0.15) is 0 Å². The Labute approximate surface area is 357 Å². The van der Waals surface area contributed by atoms with E-state index in [1.165, 1.54) is 25.7 Å². The van der Waals surface area contributed by atoms with Crippen LogP contribution in [-0.2, 0) is 43.5 Å². The van der Waals surface area contributed by atoms with Crippen molar-refractivity contribution in [2.45, 2.75) is 123 Å². The zero-order valence-electron chi connectivity index (χ0n) is 36.5. The summed E-state index contributed by atoms with van der Waals surface area (Å²) in [6, 6.07) is 12.8. The lowest BCUT2D eigenvalue weighted by Gasteiger charge is -2.43. The lowest BCUT2D eigenvalue weighted by Crippen LogP contribution is -2.55. The highest BCUT2D eigenvalue weighted by Gasteiger charge is 2.35. The lowest BCUT2D eigenvalue weighted by atomic mass is 9.80. The molecule has 2 aromatic carbocycles. The smallest absolute Gasteiger partial charge is 0.307 e. The van der Waals surface area contributed by atoms with Gasteiger partial charge in [-0.15, -0.1) is 0 Å². The number of hydrogen-bond acceptors (Lipinski definition) is 8. The molecule has 0 bridgehead atoms. The molecule has 2 amide bonds. The average Bonchev–Trinajstić information content (AvgIpc) is 3.68. The minimum atomic E-state index is -0.497. The number of nitrogens with zero attached hydrogens (tertiary/aromatic N) is 6. The summed E-state index contributed by atoms with van der Waals surface area (Å²) in [6.45, 7) is 10.8. The van der Waals surface area contributed by atoms with E-state index in [1.54, 1.807) is 10.9 Å². The molecule has 324 valence electrons. The number of likely N-dealkylation sites (tertiary alicyclic amines) is 2. The molecule has 0 unspecified atom stereocenters. The van der Waals surface area contributed by atoms with E-state index in [-0.39, 0.29) is 42.6 Å². The molecule has 0 radical (unpaired) electrons. The second kappa shape index (κ2) is 21.0. The van der Waals surface area contributed by atoms with Gasteiger partial charge in [-0.1, -0.05) is 75.8 Å². The molecule has 3 aliphatic heterocycles. The summed E-state index contributed by atoms with van der Waals surface area (Å²) in [5.41, 5.74) is 5.98. The van der Waals surface area contributed by atoms with Crippen molar-refractivity contribution in [1.29, 1.82) is 0 Å². The van der Waals surface area contributed by atoms with Gasteiger partial charge in [-0.05, 0) is 111 Å². The van der Waals surface area contributed by atoms with Crippen LogP contribution in [0.25, 0.3) is 17.0 Å². The number of benzene rings is 2. The number of esters is 1. The molecule has 11 nitrogen and oxygen atoms in total. The first-order valence-corrected chi connectivity index (χ1v) is 23.1. The Morgan fingerprint density at radius 2 is 1.57 bits per heavy atom. The molecule has 1 aliphatic carbocycles. The maximum Gasteiger partial charge on any atom is 0.307 e. The predicted molar refractivity (Wildman–Crippen MR) is 236 cm³/mol. The van der Waals surface area contributed by atoms with Crippen LogP contribution >= 0.6 is 0 Å². The summed E-state index contributed by atoms with van der Waals surface area (Å²) >= 11 is 0. The van der Waals surface area contributed by atoms with E-state index in [9.17, 15) is 19.2 Å². The number of Topliss-reactive ketones (excluding diaryl/α,β-unsaturated/α-hetero) is 1. The maximum atomic E-state index is 14.5. The van der Waals surface area contributed by atoms with E-state index in [2.05, 4.69) is 53.1 Å². The van der Waals surface area contributed by atoms with Gasteiger partial charge in [0.15, 0.2) is 12.5 Å². The van der Waals surface area contributed by atoms with Gasteiger partial charge in [-0.3, -0.25) is 24.1 Å². The monoisotopic (exact) mass is 821 g/mol. The fourth-order valence-corrected chi connectivity index (χ4v) is 10.1. The van der Waals surface area contributed by atoms with Crippen molar-refractivity contribution < 1.29 is 23.9 Å². The number of ketones is 1. The lowest BCUT2D eigenvalue weighted by molar-refractivity contribution is -0.148. The molecular formula is C49H68N6O5. The number of hydrogen-bond donors (Lipinski definition) is 0. The highest BCUT2D eigenvalue weighted by molar-refractivity contribution is 6.04. The van der Waals surface area contributed by atoms with Crippen LogP contribution in [0, 0.1) is 18.8 Å². The molecule has 3 saturated heterocycles. The van der Waals surface area contributed by atoms with Crippen LogP contribution in [0.2, 0.25) is 0 Å². The summed E-state index contributed by atoms with van der Waals surface area (Å²) in [7, 11) is 2.19. The zero-order chi connectivity index (χ0) is 42.0. The summed E-state index contributed by atoms with van der Waals surface area (Å²) < 4.78 is 7.39. The third kappa shape index (κ3) is 11.1. The fraction of sp³-hybridized carbons (Fsp3) is 0.612. The topological polar surface area (TPSA) is 108 Å². The first-order chi connectivity index (χ1) is 29.2. The number of piperidine rings is 2. The van der Waals surface area contributed by atoms with Crippen molar-refractivity contribution in [3.8, 4) is 0 Å². The van der Waals surface area contributed by atoms with E-state index < -0.39 is 5.92 Å². The maximum absolute atomic E-state index is 14.5. The SMILES string of the molecule is CCCCCCCCCC(=O)OCn1ncc2cc(C[C@@H](CC(=O)N3CCC(C4=Cc5ccccc5CC4=O)CC3)C(=O)N3CCN(C4CCN(C)CC4)CC3)cc(C)c21. The quantitative estimate of drug-likeness (QED) is 0.104. The number of ether oxygens (including phenoxy) is 1. The number of rotatable bonds is 17. The molecule has 11 heteroatoms. The number of unbranched alkanes of at least 4 members (excludes halogenated alkanes) is 6. The van der Waals surface area contributed by atoms with E-state index in [1.807, 2.05) is 34.9 Å². The Kier molecular flexibility index (Phi) is 15.3. The van der Waals surface area contributed by atoms with Crippen LogP contribution in [0.1, 0.15) is 113 Å². The predicted octanol–water partition coefficient (Wildman–Crippen LogP) is 7.22. The first-order valence-electron chi connectivity index (χ1n) is 23.1. The van der Waals surface area contributed by atoms with E-state index in [4.69, 9.17) is 4.74 Å². The van der Waals surface area contributed by atoms with Gasteiger partial charge in [0.05, 0.1) is 17.6 Å². The Balaban J connectivity index is 0.990. The van der Waals surface area contributed by atoms with Crippen molar-refractivity contribution >= 4 is 40.5 Å². The van der Waals surface area contributed by atoms with Gasteiger partial charge in [0.25, 0.3) is 0 Å². The molecule has 3 fully saturated rings. The van der Waals surface area contributed by atoms with Crippen molar-refractivity contribution in [2.24, 2.45) is 11.8 Å². The van der Waals surface area contributed by atoms with Gasteiger partial charge >= 0.3 is 5.97 Å². The molecule has 0 N–H and O–H groups in total. The molecule has 7 rings (SSSR count). The van der Waals surface area contributed by atoms with Gasteiger partial charge in [-0.25, -0.2) is 4.68 Å². The van der Waals surface area contributed by atoms with Crippen molar-refractivity contribution in [3.63, 3.8) is 0 Å². The summed E-state index contributed by atoms with van der Waals surface area (Å²) in [5.74, 6) is -0.303. The highest BCUT2D eigenvalue weighted by Crippen LogP contribution is 2.33. The number of carbonyl (C=O) groups is 4. The van der Waals surface area contributed by atoms with E-state index >= 15 is 0 Å². The Bertz CT molecular complexity index is 1980. The first kappa shape index (κ1) is 43.7. The number of amides is 2. The zero-order valence-corrected chi connectivity index (χ0v) is 36.5. The van der Waals surface area contributed by atoms with Crippen molar-refractivity contribution in [1.82, 2.24) is 29.4 Å². The second-order valence-electron chi connectivity index (χ2n) is 18.1. The number of piperazine rings is 1. The largest absolute Gasteiger partial charge is 0.442 e. The summed E-state index contributed by atoms with van der Waals surface area (Å²) in [5, 5.41) is 5.51. The van der Waals surface area contributed by atoms with Crippen LogP contribution < -0.4 is 0 Å². The number of aromatic nitrogens is 2. The molecule has 4 heterocycles. The Morgan fingerprint density at radius 3 is 2.32 bits per heavy atom. The van der Waals surface area contributed by atoms with Gasteiger partial charge < -0.3 is 19.4 Å². The summed E-state index contributed by atoms with van der Waals surface area (Å²) in [6.07, 6.45) is 17.2. The minimum absolute atomic E-state index is 0.00925. The van der Waals surface area contributed by atoms with Crippen LogP contribution in [0.4, 0.5) is 0 Å². The third-order valence-corrected chi connectivity index (χ3v) is 13.7. The number of carbonyl (C=O) groups excluding carboxylic acids is 4. The molecule has 3 aromatic rings. The molecular weight excluding hydrogens is 753 g/mol. The number of fused-ring (bicyclic) bond motifs is 2. The summed E-state index contributed by atoms with van der Waals surface area (Å²) in [4.78, 5) is 63.3. The van der Waals surface area contributed by atoms with Crippen LogP contribution in [0.5, 0.6) is 0 Å². The molecule has 4 aliphatic rings. The minimum Gasteiger partial charge on any atom is -0.442 e. The van der Waals surface area contributed by atoms with Gasteiger partial charge in [-0.2, -0.15) is 5.10 Å². The third-order valence-electron chi connectivity index (χ3n) is 13.7. The van der Waals surface area contributed by atoms with E-state index in [0.29, 0.717) is 51.5 Å². The van der Waals surface area contributed by atoms with Gasteiger partial charge in [0.2, 0.25) is 11.8 Å². The molecule has 0 spiro atoms. The standard InChI is InChI=1S/C49H68N6O5/c1-4-5-6-7-8-9-10-15-47(58)60-35-55-48-36(2)28-37(30-42(48)34-50-55)29-41(49(59)54-26-24-52(25-27-54)43-18-20-51(3)21-19-43)33-46(57)53-22-16-38(17-23-53)44-31-39-13-11-12-14-40(39)32-45(44)56/h11-14,28,30-31,34,38,41,43H,4-10,15-27,29,32-33,35H2,1-3H3/t41-/m0/s1. The highest BCUT2D eigenvalue weighted by atomic mass is 16.5. The normalized spacial score (nSPS) is 19.1. The van der Waals surface area contributed by atoms with Crippen LogP contribution in [0.3, 0.4) is 0 Å². The van der Waals surface area contributed by atoms with Crippen LogP contribution in [-0.4, -0.2) is 118 Å². The Hall–Kier alpha value is -4.35. The molecule has 0 saturated carbocycles. The fourth-order valence-electron chi connectivity index (χ4n) is 10.1. The number of allylic oxidation sites excluding steroid dienone is 1. The second-order valence-corrected chi connectivity index (χ2v) is 18.1. The van der Waals surface area contributed by atoms with Crippen molar-refractivity contribution in [3.05, 3.63) is 70.4 Å². The molecule has 1 atom stereocenters. The van der Waals surface area contributed by atoms with Gasteiger partial charge in [0, 0.05) is 70.0 Å². The van der Waals surface area contributed by atoms with Crippen molar-refractivity contribution in [2.75, 3.05) is 59.4 Å². The average molecular weight is 821 g/mol. The molecule has 1 aromatic heterocycles. The Morgan fingerprint density at radius 1 is 0.850 bits per heavy atom.